The van der Waals surface area contributed by atoms with Crippen LogP contribution in [0.15, 0.2) is 0 Å². The minimum Gasteiger partial charge on any atom is -0.314 e. The summed E-state index contributed by atoms with van der Waals surface area (Å²) in [5, 5.41) is 15.4. The highest BCUT2D eigenvalue weighted by molar-refractivity contribution is 5.09. The van der Waals surface area contributed by atoms with Crippen molar-refractivity contribution in [3.63, 3.8) is 0 Å². The maximum atomic E-state index is 8.92. The lowest BCUT2D eigenvalue weighted by Crippen LogP contribution is -2.54. The highest BCUT2D eigenvalue weighted by atomic mass is 15.0. The second-order valence-electron chi connectivity index (χ2n) is 3.00. The van der Waals surface area contributed by atoms with Gasteiger partial charge in [0.1, 0.15) is 5.54 Å². The molecule has 2 N–H and O–H groups in total. The minimum atomic E-state index is -0.285. The number of nitrogens with zero attached hydrogens (tertiary/aromatic N) is 1. The molecule has 1 unspecified atom stereocenters. The van der Waals surface area contributed by atoms with E-state index in [2.05, 4.69) is 16.7 Å². The third-order valence-electron chi connectivity index (χ3n) is 2.11. The zero-order valence-electron chi connectivity index (χ0n) is 6.98. The Balaban J connectivity index is 2.51. The normalized spacial score (nSPS) is 31.3. The van der Waals surface area contributed by atoms with Gasteiger partial charge in [0.25, 0.3) is 0 Å². The molecule has 1 aliphatic heterocycles. The van der Waals surface area contributed by atoms with Gasteiger partial charge in [0, 0.05) is 6.54 Å². The van der Waals surface area contributed by atoms with E-state index in [1.165, 1.54) is 0 Å². The molecule has 11 heavy (non-hydrogen) atoms. The Hall–Kier alpha value is -0.590. The monoisotopic (exact) mass is 153 g/mol. The van der Waals surface area contributed by atoms with Crippen LogP contribution in [0.1, 0.15) is 19.8 Å². The number of nitrogens with one attached hydrogen (secondary N) is 2. The second-order valence-corrected chi connectivity index (χ2v) is 3.00. The zero-order valence-corrected chi connectivity index (χ0v) is 6.98. The van der Waals surface area contributed by atoms with Crippen molar-refractivity contribution in [1.29, 1.82) is 5.26 Å². The van der Waals surface area contributed by atoms with E-state index in [1.807, 2.05) is 6.92 Å². The van der Waals surface area contributed by atoms with Gasteiger partial charge < -0.3 is 5.32 Å². The molecule has 1 aliphatic rings. The van der Waals surface area contributed by atoms with Gasteiger partial charge in [-0.15, -0.1) is 0 Å². The smallest absolute Gasteiger partial charge is 0.119 e. The van der Waals surface area contributed by atoms with Crippen LogP contribution in [0, 0.1) is 11.3 Å². The molecule has 1 rings (SSSR count). The van der Waals surface area contributed by atoms with Gasteiger partial charge in [-0.2, -0.15) is 5.26 Å². The zero-order chi connectivity index (χ0) is 8.16. The van der Waals surface area contributed by atoms with Crippen LogP contribution in [-0.2, 0) is 0 Å². The number of nitriles is 1. The molecule has 0 aromatic carbocycles. The number of rotatable bonds is 2. The molecule has 3 heteroatoms. The van der Waals surface area contributed by atoms with E-state index in [4.69, 9.17) is 5.26 Å². The topological polar surface area (TPSA) is 47.9 Å². The number of hydrogen-bond acceptors (Lipinski definition) is 3. The molecule has 0 aromatic rings. The second kappa shape index (κ2) is 3.70. The van der Waals surface area contributed by atoms with Crippen LogP contribution >= 0.6 is 0 Å². The maximum absolute atomic E-state index is 8.92. The largest absolute Gasteiger partial charge is 0.314 e. The Morgan fingerprint density at radius 3 is 3.00 bits per heavy atom. The first-order valence-electron chi connectivity index (χ1n) is 4.20. The first kappa shape index (κ1) is 8.51. The molecule has 1 atom stereocenters. The predicted molar refractivity (Wildman–Crippen MR) is 44.1 cm³/mol. The predicted octanol–water partition coefficient (Wildman–Crippen LogP) is 0.242. The molecule has 0 aromatic heterocycles. The van der Waals surface area contributed by atoms with Gasteiger partial charge in [-0.05, 0) is 25.9 Å². The summed E-state index contributed by atoms with van der Waals surface area (Å²) < 4.78 is 0. The van der Waals surface area contributed by atoms with E-state index >= 15 is 0 Å². The summed E-state index contributed by atoms with van der Waals surface area (Å²) in [6.07, 6.45) is 2.07. The van der Waals surface area contributed by atoms with E-state index < -0.39 is 0 Å². The van der Waals surface area contributed by atoms with Crippen LogP contribution in [0.5, 0.6) is 0 Å². The van der Waals surface area contributed by atoms with Crippen LogP contribution in [-0.4, -0.2) is 25.2 Å². The van der Waals surface area contributed by atoms with Crippen molar-refractivity contribution in [2.75, 3.05) is 19.6 Å². The Morgan fingerprint density at radius 2 is 2.55 bits per heavy atom. The molecule has 1 saturated heterocycles. The Bertz CT molecular complexity index is 148. The first-order valence-corrected chi connectivity index (χ1v) is 4.20. The Kier molecular flexibility index (Phi) is 2.86. The summed E-state index contributed by atoms with van der Waals surface area (Å²) in [7, 11) is 0. The molecule has 0 radical (unpaired) electrons. The van der Waals surface area contributed by atoms with Crippen LogP contribution in [0.4, 0.5) is 0 Å². The van der Waals surface area contributed by atoms with Gasteiger partial charge in [-0.1, -0.05) is 6.92 Å². The first-order chi connectivity index (χ1) is 5.33. The summed E-state index contributed by atoms with van der Waals surface area (Å²) in [6, 6.07) is 2.34. The molecule has 0 spiro atoms. The van der Waals surface area contributed by atoms with Crippen molar-refractivity contribution in [3.8, 4) is 6.07 Å². The van der Waals surface area contributed by atoms with E-state index in [-0.39, 0.29) is 5.54 Å². The summed E-state index contributed by atoms with van der Waals surface area (Å²) in [5.41, 5.74) is -0.285. The van der Waals surface area contributed by atoms with Crippen molar-refractivity contribution in [2.24, 2.45) is 0 Å². The number of hydrogen-bond donors (Lipinski definition) is 2. The summed E-state index contributed by atoms with van der Waals surface area (Å²) in [4.78, 5) is 0. The molecule has 0 amide bonds. The highest BCUT2D eigenvalue weighted by Gasteiger charge is 2.30. The van der Waals surface area contributed by atoms with Gasteiger partial charge in [-0.3, -0.25) is 5.32 Å². The molecule has 0 saturated carbocycles. The van der Waals surface area contributed by atoms with Crippen molar-refractivity contribution in [2.45, 2.75) is 25.3 Å². The van der Waals surface area contributed by atoms with E-state index in [9.17, 15) is 0 Å². The van der Waals surface area contributed by atoms with Gasteiger partial charge in [0.15, 0.2) is 0 Å². The van der Waals surface area contributed by atoms with E-state index in [1.54, 1.807) is 0 Å². The average Bonchev–Trinajstić information content (AvgIpc) is 2.07. The van der Waals surface area contributed by atoms with Crippen molar-refractivity contribution in [3.05, 3.63) is 0 Å². The van der Waals surface area contributed by atoms with E-state index in [0.717, 1.165) is 32.5 Å². The lowest BCUT2D eigenvalue weighted by molar-refractivity contribution is 0.321. The quantitative estimate of drug-likeness (QED) is 0.597. The lowest BCUT2D eigenvalue weighted by Gasteiger charge is -2.31. The van der Waals surface area contributed by atoms with Crippen molar-refractivity contribution >= 4 is 0 Å². The van der Waals surface area contributed by atoms with Crippen LogP contribution in [0.2, 0.25) is 0 Å². The molecular weight excluding hydrogens is 138 g/mol. The Morgan fingerprint density at radius 1 is 1.73 bits per heavy atom. The molecular formula is C8H15N3. The lowest BCUT2D eigenvalue weighted by atomic mass is 9.92. The Labute approximate surface area is 67.8 Å². The fourth-order valence-corrected chi connectivity index (χ4v) is 1.53. The van der Waals surface area contributed by atoms with Crippen molar-refractivity contribution in [1.82, 2.24) is 10.6 Å². The standard InChI is InChI=1S/C8H15N3/c1-2-11-8(6-9)4-3-5-10-7-8/h10-11H,2-5,7H2,1H3. The molecule has 0 bridgehead atoms. The van der Waals surface area contributed by atoms with Gasteiger partial charge in [0.2, 0.25) is 0 Å². The molecule has 1 heterocycles. The summed E-state index contributed by atoms with van der Waals surface area (Å²) >= 11 is 0. The molecule has 62 valence electrons. The van der Waals surface area contributed by atoms with Crippen molar-refractivity contribution < 1.29 is 0 Å². The average molecular weight is 153 g/mol. The highest BCUT2D eigenvalue weighted by Crippen LogP contribution is 2.14. The molecule has 0 aliphatic carbocycles. The number of piperidine rings is 1. The third kappa shape index (κ3) is 1.92. The van der Waals surface area contributed by atoms with Gasteiger partial charge >= 0.3 is 0 Å². The fraction of sp³-hybridized carbons (Fsp3) is 0.875. The van der Waals surface area contributed by atoms with E-state index in [0.29, 0.717) is 0 Å². The number of likely N-dealkylation sites (N-methyl/N-ethyl adjacent to an activating group) is 1. The van der Waals surface area contributed by atoms with Crippen LogP contribution < -0.4 is 10.6 Å². The van der Waals surface area contributed by atoms with Crippen LogP contribution in [0.3, 0.4) is 0 Å². The summed E-state index contributed by atoms with van der Waals surface area (Å²) in [5.74, 6) is 0. The fourth-order valence-electron chi connectivity index (χ4n) is 1.53. The molecule has 1 fully saturated rings. The third-order valence-corrected chi connectivity index (χ3v) is 2.11. The summed E-state index contributed by atoms with van der Waals surface area (Å²) in [6.45, 7) is 4.75. The van der Waals surface area contributed by atoms with Gasteiger partial charge in [0.05, 0.1) is 6.07 Å². The van der Waals surface area contributed by atoms with Gasteiger partial charge in [-0.25, -0.2) is 0 Å². The minimum absolute atomic E-state index is 0.285. The SMILES string of the molecule is CCNC1(C#N)CCCNC1. The molecule has 3 nitrogen and oxygen atoms in total. The maximum Gasteiger partial charge on any atom is 0.119 e. The van der Waals surface area contributed by atoms with Crippen LogP contribution in [0.25, 0.3) is 0 Å².